The Bertz CT molecular complexity index is 475. The first kappa shape index (κ1) is 15.6. The van der Waals surface area contributed by atoms with Gasteiger partial charge in [0.1, 0.15) is 5.82 Å². The smallest absolute Gasteiger partial charge is 0.324 e. The van der Waals surface area contributed by atoms with Crippen molar-refractivity contribution in [2.45, 2.75) is 37.9 Å². The lowest BCUT2D eigenvalue weighted by atomic mass is 9.73. The van der Waals surface area contributed by atoms with Crippen molar-refractivity contribution in [3.63, 3.8) is 0 Å². The number of alkyl halides is 3. The van der Waals surface area contributed by atoms with E-state index < -0.39 is 29.9 Å². The lowest BCUT2D eigenvalue weighted by molar-refractivity contribution is -0.198. The molecule has 1 aliphatic carbocycles. The van der Waals surface area contributed by atoms with Crippen molar-refractivity contribution in [3.05, 3.63) is 34.6 Å². The first-order chi connectivity index (χ1) is 9.30. The van der Waals surface area contributed by atoms with Crippen molar-refractivity contribution in [2.24, 2.45) is 17.6 Å². The van der Waals surface area contributed by atoms with Gasteiger partial charge in [-0.2, -0.15) is 13.2 Å². The van der Waals surface area contributed by atoms with E-state index in [0.717, 1.165) is 6.07 Å². The lowest BCUT2D eigenvalue weighted by Gasteiger charge is -2.37. The zero-order chi connectivity index (χ0) is 14.9. The minimum Gasteiger partial charge on any atom is -0.324 e. The number of rotatable bonds is 2. The van der Waals surface area contributed by atoms with E-state index in [1.54, 1.807) is 0 Å². The second kappa shape index (κ2) is 5.90. The van der Waals surface area contributed by atoms with Crippen LogP contribution in [-0.4, -0.2) is 6.18 Å². The summed E-state index contributed by atoms with van der Waals surface area (Å²) in [5, 5.41) is 0.213. The van der Waals surface area contributed by atoms with E-state index >= 15 is 0 Å². The SMILES string of the molecule is NC(c1cc(F)ccc1Cl)C1CCCCC1C(F)(F)F. The molecular weight excluding hydrogens is 294 g/mol. The molecule has 0 bridgehead atoms. The molecule has 0 heterocycles. The summed E-state index contributed by atoms with van der Waals surface area (Å²) in [5.41, 5.74) is 6.23. The zero-order valence-corrected chi connectivity index (χ0v) is 11.5. The summed E-state index contributed by atoms with van der Waals surface area (Å²) >= 11 is 5.94. The molecule has 2 rings (SSSR count). The van der Waals surface area contributed by atoms with Crippen LogP contribution in [0.25, 0.3) is 0 Å². The first-order valence-electron chi connectivity index (χ1n) is 6.58. The van der Waals surface area contributed by atoms with Gasteiger partial charge in [0, 0.05) is 11.1 Å². The number of hydrogen-bond acceptors (Lipinski definition) is 1. The van der Waals surface area contributed by atoms with E-state index in [2.05, 4.69) is 0 Å². The van der Waals surface area contributed by atoms with Crippen molar-refractivity contribution in [1.29, 1.82) is 0 Å². The number of halogens is 5. The molecule has 1 aromatic rings. The fourth-order valence-electron chi connectivity index (χ4n) is 3.00. The van der Waals surface area contributed by atoms with Gasteiger partial charge in [-0.15, -0.1) is 0 Å². The summed E-state index contributed by atoms with van der Waals surface area (Å²) in [6, 6.07) is 2.73. The summed E-state index contributed by atoms with van der Waals surface area (Å²) < 4.78 is 52.5. The molecular formula is C14H16ClF4N. The van der Waals surface area contributed by atoms with E-state index in [0.29, 0.717) is 19.3 Å². The Balaban J connectivity index is 2.30. The number of hydrogen-bond donors (Lipinski definition) is 1. The minimum absolute atomic E-state index is 0.0782. The van der Waals surface area contributed by atoms with Gasteiger partial charge in [-0.05, 0) is 42.5 Å². The van der Waals surface area contributed by atoms with E-state index in [4.69, 9.17) is 17.3 Å². The molecule has 3 unspecified atom stereocenters. The van der Waals surface area contributed by atoms with Gasteiger partial charge in [-0.1, -0.05) is 24.4 Å². The average Bonchev–Trinajstić information content (AvgIpc) is 2.40. The Labute approximate surface area is 120 Å². The van der Waals surface area contributed by atoms with Gasteiger partial charge in [-0.3, -0.25) is 0 Å². The summed E-state index contributed by atoms with van der Waals surface area (Å²) in [4.78, 5) is 0. The quantitative estimate of drug-likeness (QED) is 0.777. The van der Waals surface area contributed by atoms with Crippen molar-refractivity contribution in [1.82, 2.24) is 0 Å². The highest BCUT2D eigenvalue weighted by Crippen LogP contribution is 2.46. The molecule has 112 valence electrons. The maximum Gasteiger partial charge on any atom is 0.392 e. The van der Waals surface area contributed by atoms with Gasteiger partial charge in [0.05, 0.1) is 5.92 Å². The van der Waals surface area contributed by atoms with Crippen molar-refractivity contribution >= 4 is 11.6 Å². The third-order valence-electron chi connectivity index (χ3n) is 4.02. The summed E-state index contributed by atoms with van der Waals surface area (Å²) in [7, 11) is 0. The highest BCUT2D eigenvalue weighted by molar-refractivity contribution is 6.31. The van der Waals surface area contributed by atoms with Crippen LogP contribution in [-0.2, 0) is 0 Å². The van der Waals surface area contributed by atoms with E-state index in [-0.39, 0.29) is 17.0 Å². The van der Waals surface area contributed by atoms with Crippen LogP contribution < -0.4 is 5.73 Å². The Hall–Kier alpha value is -0.810. The third-order valence-corrected chi connectivity index (χ3v) is 4.36. The van der Waals surface area contributed by atoms with Crippen LogP contribution in [0, 0.1) is 17.7 Å². The van der Waals surface area contributed by atoms with Crippen molar-refractivity contribution in [2.75, 3.05) is 0 Å². The largest absolute Gasteiger partial charge is 0.392 e. The Morgan fingerprint density at radius 2 is 1.85 bits per heavy atom. The Kier molecular flexibility index (Phi) is 4.59. The van der Waals surface area contributed by atoms with Crippen LogP contribution in [0.2, 0.25) is 5.02 Å². The molecule has 6 heteroatoms. The molecule has 0 aliphatic heterocycles. The molecule has 3 atom stereocenters. The number of benzene rings is 1. The maximum atomic E-state index is 13.3. The molecule has 1 aromatic carbocycles. The van der Waals surface area contributed by atoms with Crippen molar-refractivity contribution < 1.29 is 17.6 Å². The van der Waals surface area contributed by atoms with Crippen LogP contribution in [0.5, 0.6) is 0 Å². The molecule has 0 saturated heterocycles. The second-order valence-electron chi connectivity index (χ2n) is 5.29. The molecule has 2 N–H and O–H groups in total. The fourth-order valence-corrected chi connectivity index (χ4v) is 3.24. The van der Waals surface area contributed by atoms with Gasteiger partial charge in [0.2, 0.25) is 0 Å². The van der Waals surface area contributed by atoms with E-state index in [1.165, 1.54) is 12.1 Å². The van der Waals surface area contributed by atoms with Crippen molar-refractivity contribution in [3.8, 4) is 0 Å². The molecule has 0 radical (unpaired) electrons. The first-order valence-corrected chi connectivity index (χ1v) is 6.95. The third kappa shape index (κ3) is 3.26. The fraction of sp³-hybridized carbons (Fsp3) is 0.571. The molecule has 1 aliphatic rings. The predicted octanol–water partition coefficient (Wildman–Crippen LogP) is 4.85. The second-order valence-corrected chi connectivity index (χ2v) is 5.70. The van der Waals surface area contributed by atoms with Crippen LogP contribution in [0.15, 0.2) is 18.2 Å². The normalized spacial score (nSPS) is 25.5. The molecule has 0 aromatic heterocycles. The van der Waals surface area contributed by atoms with Crippen LogP contribution >= 0.6 is 11.6 Å². The monoisotopic (exact) mass is 309 g/mol. The van der Waals surface area contributed by atoms with E-state index in [1.807, 2.05) is 0 Å². The maximum absolute atomic E-state index is 13.3. The highest BCUT2D eigenvalue weighted by Gasteiger charge is 2.47. The summed E-state index contributed by atoms with van der Waals surface area (Å²) in [6.07, 6.45) is -2.56. The van der Waals surface area contributed by atoms with Crippen LogP contribution in [0.3, 0.4) is 0 Å². The zero-order valence-electron chi connectivity index (χ0n) is 10.8. The molecule has 20 heavy (non-hydrogen) atoms. The Morgan fingerprint density at radius 1 is 1.20 bits per heavy atom. The number of nitrogens with two attached hydrogens (primary N) is 1. The van der Waals surface area contributed by atoms with Gasteiger partial charge in [-0.25, -0.2) is 4.39 Å². The van der Waals surface area contributed by atoms with Crippen LogP contribution in [0.4, 0.5) is 17.6 Å². The minimum atomic E-state index is -4.28. The molecule has 0 amide bonds. The lowest BCUT2D eigenvalue weighted by Crippen LogP contribution is -2.39. The van der Waals surface area contributed by atoms with E-state index in [9.17, 15) is 17.6 Å². The van der Waals surface area contributed by atoms with Gasteiger partial charge in [0.15, 0.2) is 0 Å². The van der Waals surface area contributed by atoms with Gasteiger partial charge < -0.3 is 5.73 Å². The Morgan fingerprint density at radius 3 is 2.50 bits per heavy atom. The molecule has 1 saturated carbocycles. The van der Waals surface area contributed by atoms with Gasteiger partial charge in [0.25, 0.3) is 0 Å². The summed E-state index contributed by atoms with van der Waals surface area (Å²) in [6.45, 7) is 0. The topological polar surface area (TPSA) is 26.0 Å². The highest BCUT2D eigenvalue weighted by atomic mass is 35.5. The summed E-state index contributed by atoms with van der Waals surface area (Å²) in [5.74, 6) is -2.73. The average molecular weight is 310 g/mol. The molecule has 1 nitrogen and oxygen atoms in total. The molecule has 1 fully saturated rings. The predicted molar refractivity (Wildman–Crippen MR) is 69.8 cm³/mol. The standard InChI is InChI=1S/C14H16ClF4N/c15-12-6-5-8(16)7-10(12)13(20)9-3-1-2-4-11(9)14(17,18)19/h5-7,9,11,13H,1-4,20H2. The molecule has 0 spiro atoms. The van der Waals surface area contributed by atoms with Gasteiger partial charge >= 0.3 is 6.18 Å². The van der Waals surface area contributed by atoms with Crippen LogP contribution in [0.1, 0.15) is 37.3 Å².